The van der Waals surface area contributed by atoms with Crippen LogP contribution < -0.4 is 20.5 Å². The van der Waals surface area contributed by atoms with E-state index < -0.39 is 18.8 Å². The quantitative estimate of drug-likeness (QED) is 0.837. The zero-order valence-corrected chi connectivity index (χ0v) is 11.7. The lowest BCUT2D eigenvalue weighted by Gasteiger charge is -2.14. The van der Waals surface area contributed by atoms with Crippen LogP contribution in [0, 0.1) is 0 Å². The molecule has 1 rings (SSSR count). The van der Waals surface area contributed by atoms with Gasteiger partial charge < -0.3 is 20.5 Å². The Bertz CT molecular complexity index is 490. The fourth-order valence-electron chi connectivity index (χ4n) is 1.45. The lowest BCUT2D eigenvalue weighted by Crippen LogP contribution is -2.37. The second-order valence-corrected chi connectivity index (χ2v) is 4.40. The van der Waals surface area contributed by atoms with Crippen molar-refractivity contribution in [3.8, 4) is 11.5 Å². The molecule has 1 amide bonds. The van der Waals surface area contributed by atoms with Gasteiger partial charge in [-0.3, -0.25) is 4.79 Å². The number of carbonyl (C=O) groups is 1. The first kappa shape index (κ1) is 17.1. The number of amides is 1. The fourth-order valence-corrected chi connectivity index (χ4v) is 1.45. The first-order valence-electron chi connectivity index (χ1n) is 6.12. The Hall–Kier alpha value is -1.96. The molecule has 1 aromatic rings. The second-order valence-electron chi connectivity index (χ2n) is 4.40. The van der Waals surface area contributed by atoms with Crippen LogP contribution in [0.4, 0.5) is 13.2 Å². The van der Waals surface area contributed by atoms with Gasteiger partial charge in [0.15, 0.2) is 18.1 Å². The highest BCUT2D eigenvalue weighted by Gasteiger charge is 2.29. The van der Waals surface area contributed by atoms with Crippen LogP contribution >= 0.6 is 0 Å². The molecule has 1 atom stereocenters. The Morgan fingerprint density at radius 3 is 2.57 bits per heavy atom. The van der Waals surface area contributed by atoms with Crippen LogP contribution in [0.25, 0.3) is 0 Å². The minimum atomic E-state index is -4.42. The highest BCUT2D eigenvalue weighted by Crippen LogP contribution is 2.29. The van der Waals surface area contributed by atoms with E-state index in [2.05, 4.69) is 10.1 Å². The van der Waals surface area contributed by atoms with E-state index in [1.807, 2.05) is 0 Å². The van der Waals surface area contributed by atoms with Gasteiger partial charge in [0.25, 0.3) is 0 Å². The normalized spacial score (nSPS) is 12.7. The highest BCUT2D eigenvalue weighted by atomic mass is 19.4. The Morgan fingerprint density at radius 2 is 2.05 bits per heavy atom. The molecule has 0 radical (unpaired) electrons. The molecule has 0 unspecified atom stereocenters. The van der Waals surface area contributed by atoms with Gasteiger partial charge in [0.2, 0.25) is 5.91 Å². The van der Waals surface area contributed by atoms with Gasteiger partial charge >= 0.3 is 6.18 Å². The van der Waals surface area contributed by atoms with E-state index in [0.717, 1.165) is 0 Å². The average molecular weight is 306 g/mol. The van der Waals surface area contributed by atoms with E-state index in [0.29, 0.717) is 5.56 Å². The van der Waals surface area contributed by atoms with Gasteiger partial charge in [-0.2, -0.15) is 13.2 Å². The summed E-state index contributed by atoms with van der Waals surface area (Å²) < 4.78 is 46.0. The number of nitrogens with one attached hydrogen (secondary N) is 1. The monoisotopic (exact) mass is 306 g/mol. The number of alkyl halides is 3. The van der Waals surface area contributed by atoms with Crippen molar-refractivity contribution in [2.24, 2.45) is 5.73 Å². The van der Waals surface area contributed by atoms with Crippen molar-refractivity contribution in [1.29, 1.82) is 0 Å². The maximum Gasteiger partial charge on any atom is 0.422 e. The predicted molar refractivity (Wildman–Crippen MR) is 70.0 cm³/mol. The minimum absolute atomic E-state index is 0.0166. The summed E-state index contributed by atoms with van der Waals surface area (Å²) in [5.74, 6) is -0.185. The third-order valence-corrected chi connectivity index (χ3v) is 2.50. The standard InChI is InChI=1S/C13H17F3N2O3/c1-8(17)12(19)18-6-9-3-4-10(11(5-9)20-2)21-7-13(14,15)16/h3-5,8H,6-7,17H2,1-2H3,(H,18,19)/t8-/m1/s1. The molecule has 0 saturated heterocycles. The maximum absolute atomic E-state index is 12.1. The summed E-state index contributed by atoms with van der Waals surface area (Å²) in [4.78, 5) is 11.3. The lowest BCUT2D eigenvalue weighted by atomic mass is 10.2. The van der Waals surface area contributed by atoms with E-state index in [4.69, 9.17) is 10.5 Å². The van der Waals surface area contributed by atoms with E-state index in [1.165, 1.54) is 25.3 Å². The molecule has 8 heteroatoms. The van der Waals surface area contributed by atoms with Crippen LogP contribution in [0.5, 0.6) is 11.5 Å². The van der Waals surface area contributed by atoms with Gasteiger partial charge in [0.1, 0.15) is 0 Å². The Labute approximate surface area is 120 Å². The van der Waals surface area contributed by atoms with Crippen LogP contribution in [0.15, 0.2) is 18.2 Å². The number of carbonyl (C=O) groups excluding carboxylic acids is 1. The molecule has 0 aliphatic carbocycles. The summed E-state index contributed by atoms with van der Waals surface area (Å²) in [6.45, 7) is 0.338. The smallest absolute Gasteiger partial charge is 0.422 e. The summed E-state index contributed by atoms with van der Waals surface area (Å²) in [5.41, 5.74) is 6.05. The van der Waals surface area contributed by atoms with Crippen LogP contribution in [-0.2, 0) is 11.3 Å². The first-order valence-corrected chi connectivity index (χ1v) is 6.12. The maximum atomic E-state index is 12.1. The summed E-state index contributed by atoms with van der Waals surface area (Å²) in [6, 6.07) is 3.75. The predicted octanol–water partition coefficient (Wildman–Crippen LogP) is 1.60. The lowest BCUT2D eigenvalue weighted by molar-refractivity contribution is -0.153. The summed E-state index contributed by atoms with van der Waals surface area (Å²) >= 11 is 0. The van der Waals surface area contributed by atoms with Crippen molar-refractivity contribution >= 4 is 5.91 Å². The molecule has 0 heterocycles. The third-order valence-electron chi connectivity index (χ3n) is 2.50. The zero-order chi connectivity index (χ0) is 16.0. The molecular formula is C13H17F3N2O3. The van der Waals surface area contributed by atoms with Crippen LogP contribution in [0.3, 0.4) is 0 Å². The van der Waals surface area contributed by atoms with Crippen LogP contribution in [-0.4, -0.2) is 31.8 Å². The fraction of sp³-hybridized carbons (Fsp3) is 0.462. The average Bonchev–Trinajstić information content (AvgIpc) is 2.41. The second kappa shape index (κ2) is 7.16. The van der Waals surface area contributed by atoms with E-state index >= 15 is 0 Å². The zero-order valence-electron chi connectivity index (χ0n) is 11.7. The summed E-state index contributed by atoms with van der Waals surface area (Å²) in [7, 11) is 1.32. The van der Waals surface area contributed by atoms with E-state index in [-0.39, 0.29) is 24.0 Å². The molecular weight excluding hydrogens is 289 g/mol. The summed E-state index contributed by atoms with van der Waals surface area (Å²) in [6.07, 6.45) is -4.42. The minimum Gasteiger partial charge on any atom is -0.493 e. The Balaban J connectivity index is 2.72. The van der Waals surface area contributed by atoms with Crippen LogP contribution in [0.1, 0.15) is 12.5 Å². The first-order chi connectivity index (χ1) is 9.73. The molecule has 3 N–H and O–H groups in total. The number of rotatable bonds is 6. The molecule has 0 aliphatic rings. The molecule has 0 aliphatic heterocycles. The van der Waals surface area contributed by atoms with Crippen molar-refractivity contribution in [2.45, 2.75) is 25.7 Å². The Kier molecular flexibility index (Phi) is 5.83. The molecule has 118 valence electrons. The number of nitrogens with two attached hydrogens (primary N) is 1. The molecule has 0 fully saturated rings. The number of ether oxygens (including phenoxy) is 2. The van der Waals surface area contributed by atoms with Crippen molar-refractivity contribution in [2.75, 3.05) is 13.7 Å². The number of benzene rings is 1. The van der Waals surface area contributed by atoms with Gasteiger partial charge in [-0.15, -0.1) is 0 Å². The van der Waals surface area contributed by atoms with Gasteiger partial charge in [0.05, 0.1) is 13.2 Å². The van der Waals surface area contributed by atoms with Gasteiger partial charge in [0, 0.05) is 6.54 Å². The van der Waals surface area contributed by atoms with Crippen molar-refractivity contribution < 1.29 is 27.4 Å². The topological polar surface area (TPSA) is 73.6 Å². The Morgan fingerprint density at radius 1 is 1.38 bits per heavy atom. The van der Waals surface area contributed by atoms with Crippen LogP contribution in [0.2, 0.25) is 0 Å². The number of methoxy groups -OCH3 is 1. The van der Waals surface area contributed by atoms with Gasteiger partial charge in [-0.05, 0) is 24.6 Å². The summed E-state index contributed by atoms with van der Waals surface area (Å²) in [5, 5.41) is 2.59. The number of hydrogen-bond donors (Lipinski definition) is 2. The van der Waals surface area contributed by atoms with Gasteiger partial charge in [-0.1, -0.05) is 6.07 Å². The highest BCUT2D eigenvalue weighted by molar-refractivity contribution is 5.80. The largest absolute Gasteiger partial charge is 0.493 e. The van der Waals surface area contributed by atoms with Gasteiger partial charge in [-0.25, -0.2) is 0 Å². The molecule has 1 aromatic carbocycles. The molecule has 0 aromatic heterocycles. The molecule has 0 saturated carbocycles. The molecule has 5 nitrogen and oxygen atoms in total. The molecule has 21 heavy (non-hydrogen) atoms. The number of halogens is 3. The third kappa shape index (κ3) is 5.90. The van der Waals surface area contributed by atoms with Crippen molar-refractivity contribution in [3.05, 3.63) is 23.8 Å². The number of hydrogen-bond acceptors (Lipinski definition) is 4. The molecule has 0 bridgehead atoms. The molecule has 0 spiro atoms. The van der Waals surface area contributed by atoms with E-state index in [9.17, 15) is 18.0 Å². The van der Waals surface area contributed by atoms with E-state index in [1.54, 1.807) is 6.92 Å². The van der Waals surface area contributed by atoms with Crippen molar-refractivity contribution in [1.82, 2.24) is 5.32 Å². The SMILES string of the molecule is COc1cc(CNC(=O)[C@@H](C)N)ccc1OCC(F)(F)F. The van der Waals surface area contributed by atoms with Crippen molar-refractivity contribution in [3.63, 3.8) is 0 Å².